The highest BCUT2D eigenvalue weighted by atomic mass is 35.5. The summed E-state index contributed by atoms with van der Waals surface area (Å²) in [5.74, 6) is -0.761. The molecule has 0 aliphatic heterocycles. The van der Waals surface area contributed by atoms with Crippen molar-refractivity contribution >= 4 is 56.4 Å². The third-order valence-corrected chi connectivity index (χ3v) is 5.66. The molecule has 0 aliphatic carbocycles. The van der Waals surface area contributed by atoms with Gasteiger partial charge in [-0.05, 0) is 30.3 Å². The lowest BCUT2D eigenvalue weighted by atomic mass is 10.2. The number of ether oxygens (including phenoxy) is 1. The number of hydrogen-bond acceptors (Lipinski definition) is 5. The van der Waals surface area contributed by atoms with Gasteiger partial charge in [-0.1, -0.05) is 29.0 Å². The predicted molar refractivity (Wildman–Crippen MR) is 101 cm³/mol. The summed E-state index contributed by atoms with van der Waals surface area (Å²) in [5, 5.41) is 0. The van der Waals surface area contributed by atoms with E-state index in [1.54, 1.807) is 30.3 Å². The second kappa shape index (κ2) is 7.35. The Kier molecular flexibility index (Phi) is 5.17. The maximum Gasteiger partial charge on any atom is 0.337 e. The number of hydrogen-bond donors (Lipinski definition) is 0. The molecule has 0 N–H and O–H groups in total. The fourth-order valence-corrected chi connectivity index (χ4v) is 4.28. The molecule has 0 saturated heterocycles. The third kappa shape index (κ3) is 3.58. The van der Waals surface area contributed by atoms with Gasteiger partial charge in [0.25, 0.3) is 5.91 Å². The molecule has 0 bridgehead atoms. The van der Waals surface area contributed by atoms with E-state index < -0.39 is 5.97 Å². The second-order valence-corrected chi connectivity index (χ2v) is 7.70. The number of thiophene rings is 1. The number of thiazole rings is 1. The number of rotatable bonds is 4. The van der Waals surface area contributed by atoms with Crippen LogP contribution in [0.2, 0.25) is 4.34 Å². The largest absolute Gasteiger partial charge is 0.465 e. The minimum Gasteiger partial charge on any atom is -0.465 e. The summed E-state index contributed by atoms with van der Waals surface area (Å²) < 4.78 is 8.00. The number of halogens is 1. The Bertz CT molecular complexity index is 1050. The van der Waals surface area contributed by atoms with Crippen LogP contribution in [0.15, 0.2) is 48.0 Å². The number of carbonyl (C=O) groups excluding carboxylic acids is 2. The van der Waals surface area contributed by atoms with E-state index >= 15 is 0 Å². The van der Waals surface area contributed by atoms with Gasteiger partial charge < -0.3 is 9.30 Å². The Hall–Kier alpha value is -2.22. The van der Waals surface area contributed by atoms with E-state index in [1.165, 1.54) is 29.8 Å². The fourth-order valence-electron chi connectivity index (χ4n) is 2.28. The van der Waals surface area contributed by atoms with E-state index in [4.69, 9.17) is 16.3 Å². The molecule has 0 radical (unpaired) electrons. The number of fused-ring (bicyclic) bond motifs is 1. The molecule has 25 heavy (non-hydrogen) atoms. The number of amides is 1. The summed E-state index contributed by atoms with van der Waals surface area (Å²) in [7, 11) is 1.34. The molecule has 8 heteroatoms. The van der Waals surface area contributed by atoms with Crippen LogP contribution in [0.3, 0.4) is 0 Å². The maximum absolute atomic E-state index is 12.4. The summed E-state index contributed by atoms with van der Waals surface area (Å²) in [4.78, 5) is 29.3. The Labute approximate surface area is 156 Å². The molecule has 5 nitrogen and oxygen atoms in total. The molecule has 0 fully saturated rings. The molecule has 0 aliphatic rings. The lowest BCUT2D eigenvalue weighted by Crippen LogP contribution is -2.16. The van der Waals surface area contributed by atoms with Gasteiger partial charge in [-0.2, -0.15) is 4.99 Å². The third-order valence-electron chi connectivity index (χ3n) is 3.40. The quantitative estimate of drug-likeness (QED) is 0.495. The Balaban J connectivity index is 2.14. The number of esters is 1. The number of carbonyl (C=O) groups is 2. The van der Waals surface area contributed by atoms with Crippen LogP contribution in [0, 0.1) is 0 Å². The molecule has 0 atom stereocenters. The molecule has 2 heterocycles. The highest BCUT2D eigenvalue weighted by Crippen LogP contribution is 2.23. The van der Waals surface area contributed by atoms with Crippen molar-refractivity contribution in [2.24, 2.45) is 4.99 Å². The van der Waals surface area contributed by atoms with Gasteiger partial charge in [0.05, 0.1) is 32.1 Å². The van der Waals surface area contributed by atoms with Crippen molar-refractivity contribution in [3.05, 3.63) is 62.6 Å². The van der Waals surface area contributed by atoms with Crippen molar-refractivity contribution in [3.8, 4) is 0 Å². The summed E-state index contributed by atoms with van der Waals surface area (Å²) in [6.45, 7) is 4.25. The van der Waals surface area contributed by atoms with Crippen molar-refractivity contribution in [1.82, 2.24) is 4.57 Å². The first-order chi connectivity index (χ1) is 12.0. The minimum absolute atomic E-state index is 0.352. The number of methoxy groups -OCH3 is 1. The van der Waals surface area contributed by atoms with Crippen LogP contribution in [0.25, 0.3) is 10.2 Å². The first-order valence-electron chi connectivity index (χ1n) is 7.20. The van der Waals surface area contributed by atoms with E-state index in [-0.39, 0.29) is 5.91 Å². The zero-order valence-electron chi connectivity index (χ0n) is 13.2. The molecular weight excluding hydrogens is 380 g/mol. The fraction of sp³-hybridized carbons (Fsp3) is 0.118. The van der Waals surface area contributed by atoms with Crippen LogP contribution < -0.4 is 4.80 Å². The monoisotopic (exact) mass is 392 g/mol. The summed E-state index contributed by atoms with van der Waals surface area (Å²) in [5.41, 5.74) is 1.32. The van der Waals surface area contributed by atoms with Gasteiger partial charge >= 0.3 is 5.97 Å². The van der Waals surface area contributed by atoms with E-state index in [9.17, 15) is 9.59 Å². The van der Waals surface area contributed by atoms with Crippen molar-refractivity contribution < 1.29 is 14.3 Å². The van der Waals surface area contributed by atoms with Crippen LogP contribution in [0.4, 0.5) is 0 Å². The van der Waals surface area contributed by atoms with E-state index in [2.05, 4.69) is 11.6 Å². The summed E-state index contributed by atoms with van der Waals surface area (Å²) in [6, 6.07) is 8.55. The van der Waals surface area contributed by atoms with Crippen molar-refractivity contribution in [1.29, 1.82) is 0 Å². The lowest BCUT2D eigenvalue weighted by molar-refractivity contribution is 0.0601. The highest BCUT2D eigenvalue weighted by Gasteiger charge is 2.13. The summed E-state index contributed by atoms with van der Waals surface area (Å²) >= 11 is 8.39. The first-order valence-corrected chi connectivity index (χ1v) is 9.21. The van der Waals surface area contributed by atoms with Crippen molar-refractivity contribution in [3.63, 3.8) is 0 Å². The molecule has 128 valence electrons. The average molecular weight is 393 g/mol. The SMILES string of the molecule is C=CCn1c(=NC(=O)c2ccc(Cl)s2)sc2cc(C(=O)OC)ccc21. The number of benzene rings is 1. The van der Waals surface area contributed by atoms with E-state index in [0.717, 1.165) is 10.2 Å². The van der Waals surface area contributed by atoms with Crippen molar-refractivity contribution in [2.45, 2.75) is 6.54 Å². The van der Waals surface area contributed by atoms with Crippen LogP contribution in [-0.2, 0) is 11.3 Å². The zero-order chi connectivity index (χ0) is 18.0. The number of aromatic nitrogens is 1. The van der Waals surface area contributed by atoms with Crippen molar-refractivity contribution in [2.75, 3.05) is 7.11 Å². The topological polar surface area (TPSA) is 60.7 Å². The molecule has 3 rings (SSSR count). The summed E-state index contributed by atoms with van der Waals surface area (Å²) in [6.07, 6.45) is 1.73. The van der Waals surface area contributed by atoms with E-state index in [1.807, 2.05) is 10.6 Å². The smallest absolute Gasteiger partial charge is 0.337 e. The molecule has 2 aromatic heterocycles. The molecular formula is C17H13ClN2O3S2. The van der Waals surface area contributed by atoms with Crippen LogP contribution in [0.5, 0.6) is 0 Å². The van der Waals surface area contributed by atoms with Gasteiger partial charge in [0.1, 0.15) is 0 Å². The van der Waals surface area contributed by atoms with E-state index in [0.29, 0.717) is 26.1 Å². The van der Waals surface area contributed by atoms with Gasteiger partial charge in [0.2, 0.25) is 0 Å². The zero-order valence-corrected chi connectivity index (χ0v) is 15.6. The molecule has 1 aromatic carbocycles. The van der Waals surface area contributed by atoms with Gasteiger partial charge in [-0.25, -0.2) is 4.79 Å². The normalized spacial score (nSPS) is 11.7. The second-order valence-electron chi connectivity index (χ2n) is 4.98. The highest BCUT2D eigenvalue weighted by molar-refractivity contribution is 7.18. The van der Waals surface area contributed by atoms with Gasteiger partial charge in [0, 0.05) is 6.54 Å². The maximum atomic E-state index is 12.4. The molecule has 0 unspecified atom stereocenters. The Morgan fingerprint density at radius 2 is 2.12 bits per heavy atom. The van der Waals surface area contributed by atoms with Crippen LogP contribution in [0.1, 0.15) is 20.0 Å². The Morgan fingerprint density at radius 3 is 2.76 bits per heavy atom. The van der Waals surface area contributed by atoms with Gasteiger partial charge in [-0.3, -0.25) is 4.79 Å². The number of allylic oxidation sites excluding steroid dienone is 1. The molecule has 0 spiro atoms. The lowest BCUT2D eigenvalue weighted by Gasteiger charge is -2.02. The predicted octanol–water partition coefficient (Wildman–Crippen LogP) is 4.13. The van der Waals surface area contributed by atoms with Crippen LogP contribution >= 0.6 is 34.3 Å². The standard InChI is InChI=1S/C17H13ClN2O3S2/c1-3-8-20-11-5-4-10(16(22)23-2)9-13(11)25-17(20)19-15(21)12-6-7-14(18)24-12/h3-7,9H,1,8H2,2H3. The van der Waals surface area contributed by atoms with Gasteiger partial charge in [0.15, 0.2) is 4.80 Å². The molecule has 1 amide bonds. The first kappa shape index (κ1) is 17.6. The number of nitrogens with zero attached hydrogens (tertiary/aromatic N) is 2. The molecule has 3 aromatic rings. The van der Waals surface area contributed by atoms with Crippen LogP contribution in [-0.4, -0.2) is 23.6 Å². The Morgan fingerprint density at radius 1 is 1.32 bits per heavy atom. The minimum atomic E-state index is -0.409. The van der Waals surface area contributed by atoms with Gasteiger partial charge in [-0.15, -0.1) is 17.9 Å². The molecule has 0 saturated carbocycles. The average Bonchev–Trinajstić information content (AvgIpc) is 3.18.